The number of halogens is 2. The van der Waals surface area contributed by atoms with Crippen LogP contribution in [-0.4, -0.2) is 29.2 Å². The van der Waals surface area contributed by atoms with E-state index in [1.54, 1.807) is 12.1 Å². The SMILES string of the molecule is O=C(OCc1ccc(-c2noc(/C=C/C3(c4ccc(F)c(F)c4)CCCCC3)n2)cc1)C1CNC1. The third-order valence-electron chi connectivity index (χ3n) is 6.94. The molecule has 0 unspecified atom stereocenters. The maximum atomic E-state index is 14.0. The highest BCUT2D eigenvalue weighted by Crippen LogP contribution is 2.41. The molecule has 1 aliphatic heterocycles. The van der Waals surface area contributed by atoms with Gasteiger partial charge in [-0.2, -0.15) is 4.98 Å². The number of aromatic nitrogens is 2. The Labute approximate surface area is 202 Å². The molecule has 0 atom stereocenters. The van der Waals surface area contributed by atoms with Gasteiger partial charge in [0.25, 0.3) is 5.89 Å². The number of hydrogen-bond donors (Lipinski definition) is 1. The summed E-state index contributed by atoms with van der Waals surface area (Å²) in [7, 11) is 0. The summed E-state index contributed by atoms with van der Waals surface area (Å²) in [4.78, 5) is 16.4. The van der Waals surface area contributed by atoms with Gasteiger partial charge in [0.1, 0.15) is 6.61 Å². The Bertz CT molecular complexity index is 1210. The molecule has 2 aliphatic rings. The van der Waals surface area contributed by atoms with E-state index in [0.717, 1.165) is 48.8 Å². The molecule has 1 aromatic heterocycles. The minimum atomic E-state index is -0.843. The fourth-order valence-corrected chi connectivity index (χ4v) is 4.67. The molecule has 1 saturated carbocycles. The first kappa shape index (κ1) is 23.4. The van der Waals surface area contributed by atoms with E-state index in [1.807, 2.05) is 30.3 Å². The minimum absolute atomic E-state index is 0.0464. The molecule has 0 spiro atoms. The van der Waals surface area contributed by atoms with E-state index in [2.05, 4.69) is 15.5 Å². The quantitative estimate of drug-likeness (QED) is 0.470. The van der Waals surface area contributed by atoms with Crippen LogP contribution in [-0.2, 0) is 21.6 Å². The Morgan fingerprint density at radius 3 is 2.54 bits per heavy atom. The van der Waals surface area contributed by atoms with Crippen LogP contribution in [0, 0.1) is 17.6 Å². The largest absolute Gasteiger partial charge is 0.461 e. The lowest BCUT2D eigenvalue weighted by Crippen LogP contribution is -2.47. The van der Waals surface area contributed by atoms with Crippen molar-refractivity contribution in [3.8, 4) is 11.4 Å². The lowest BCUT2D eigenvalue weighted by molar-refractivity contribution is -0.151. The van der Waals surface area contributed by atoms with Gasteiger partial charge in [-0.25, -0.2) is 8.78 Å². The fourth-order valence-electron chi connectivity index (χ4n) is 4.67. The second-order valence-electron chi connectivity index (χ2n) is 9.30. The van der Waals surface area contributed by atoms with E-state index in [0.29, 0.717) is 24.8 Å². The normalized spacial score (nSPS) is 17.9. The maximum absolute atomic E-state index is 14.0. The number of ether oxygens (including phenoxy) is 1. The van der Waals surface area contributed by atoms with Crippen LogP contribution >= 0.6 is 0 Å². The smallest absolute Gasteiger partial charge is 0.311 e. The van der Waals surface area contributed by atoms with Crippen LogP contribution in [0.4, 0.5) is 8.78 Å². The topological polar surface area (TPSA) is 77.2 Å². The molecule has 0 radical (unpaired) electrons. The first-order chi connectivity index (χ1) is 17.0. The molecule has 1 aliphatic carbocycles. The molecule has 6 nitrogen and oxygen atoms in total. The fraction of sp³-hybridized carbons (Fsp3) is 0.370. The number of nitrogens with zero attached hydrogens (tertiary/aromatic N) is 2. The number of esters is 1. The molecule has 8 heteroatoms. The molecular weight excluding hydrogens is 452 g/mol. The summed E-state index contributed by atoms with van der Waals surface area (Å²) in [6.07, 6.45) is 8.60. The molecular formula is C27H27F2N3O3. The summed E-state index contributed by atoms with van der Waals surface area (Å²) in [5.41, 5.74) is 2.02. The van der Waals surface area contributed by atoms with Gasteiger partial charge in [-0.1, -0.05) is 60.8 Å². The number of hydrogen-bond acceptors (Lipinski definition) is 6. The molecule has 2 aromatic carbocycles. The monoisotopic (exact) mass is 479 g/mol. The van der Waals surface area contributed by atoms with Gasteiger partial charge in [0, 0.05) is 30.1 Å². The van der Waals surface area contributed by atoms with E-state index >= 15 is 0 Å². The van der Waals surface area contributed by atoms with Crippen LogP contribution in [0.3, 0.4) is 0 Å². The van der Waals surface area contributed by atoms with E-state index in [9.17, 15) is 13.6 Å². The van der Waals surface area contributed by atoms with Gasteiger partial charge in [-0.3, -0.25) is 4.79 Å². The van der Waals surface area contributed by atoms with Crippen molar-refractivity contribution < 1.29 is 22.8 Å². The van der Waals surface area contributed by atoms with Crippen molar-refractivity contribution in [1.82, 2.24) is 15.5 Å². The third kappa shape index (κ3) is 5.17. The zero-order valence-corrected chi connectivity index (χ0v) is 19.3. The maximum Gasteiger partial charge on any atom is 0.311 e. The molecule has 2 heterocycles. The summed E-state index contributed by atoms with van der Waals surface area (Å²) in [5.74, 6) is -1.11. The van der Waals surface area contributed by atoms with E-state index in [-0.39, 0.29) is 18.5 Å². The van der Waals surface area contributed by atoms with Gasteiger partial charge in [0.15, 0.2) is 11.6 Å². The molecule has 2 fully saturated rings. The van der Waals surface area contributed by atoms with Crippen molar-refractivity contribution >= 4 is 12.0 Å². The predicted octanol–water partition coefficient (Wildman–Crippen LogP) is 5.19. The minimum Gasteiger partial charge on any atom is -0.461 e. The summed E-state index contributed by atoms with van der Waals surface area (Å²) >= 11 is 0. The highest BCUT2D eigenvalue weighted by atomic mass is 19.2. The summed E-state index contributed by atoms with van der Waals surface area (Å²) in [6, 6.07) is 11.6. The summed E-state index contributed by atoms with van der Waals surface area (Å²) in [6.45, 7) is 1.57. The summed E-state index contributed by atoms with van der Waals surface area (Å²) < 4.78 is 38.2. The van der Waals surface area contributed by atoms with Gasteiger partial charge >= 0.3 is 5.97 Å². The molecule has 3 aromatic rings. The number of benzene rings is 2. The van der Waals surface area contributed by atoms with Gasteiger partial charge in [0.2, 0.25) is 5.82 Å². The van der Waals surface area contributed by atoms with E-state index in [1.165, 1.54) is 12.1 Å². The van der Waals surface area contributed by atoms with Gasteiger partial charge in [-0.05, 0) is 36.1 Å². The molecule has 5 rings (SSSR count). The molecule has 182 valence electrons. The average molecular weight is 480 g/mol. The first-order valence-corrected chi connectivity index (χ1v) is 12.0. The number of carbonyl (C=O) groups excluding carboxylic acids is 1. The number of carbonyl (C=O) groups is 1. The van der Waals surface area contributed by atoms with Crippen LogP contribution in [0.1, 0.15) is 49.1 Å². The Morgan fingerprint density at radius 2 is 1.86 bits per heavy atom. The Morgan fingerprint density at radius 1 is 1.09 bits per heavy atom. The van der Waals surface area contributed by atoms with Crippen molar-refractivity contribution in [1.29, 1.82) is 0 Å². The second-order valence-corrected chi connectivity index (χ2v) is 9.30. The van der Waals surface area contributed by atoms with Gasteiger partial charge < -0.3 is 14.6 Å². The molecule has 1 N–H and O–H groups in total. The van der Waals surface area contributed by atoms with Crippen molar-refractivity contribution in [2.24, 2.45) is 5.92 Å². The second kappa shape index (κ2) is 10.1. The lowest BCUT2D eigenvalue weighted by atomic mass is 9.69. The Hall–Kier alpha value is -3.39. The van der Waals surface area contributed by atoms with Crippen LogP contribution in [0.2, 0.25) is 0 Å². The number of rotatable bonds is 7. The molecule has 0 bridgehead atoms. The predicted molar refractivity (Wildman–Crippen MR) is 126 cm³/mol. The van der Waals surface area contributed by atoms with E-state index < -0.39 is 17.0 Å². The van der Waals surface area contributed by atoms with E-state index in [4.69, 9.17) is 9.26 Å². The van der Waals surface area contributed by atoms with Crippen LogP contribution in [0.15, 0.2) is 53.1 Å². The highest BCUT2D eigenvalue weighted by molar-refractivity contribution is 5.74. The van der Waals surface area contributed by atoms with Crippen molar-refractivity contribution in [2.45, 2.75) is 44.1 Å². The number of nitrogens with one attached hydrogen (secondary N) is 1. The molecule has 35 heavy (non-hydrogen) atoms. The van der Waals surface area contributed by atoms with Crippen molar-refractivity contribution in [2.75, 3.05) is 13.1 Å². The Balaban J connectivity index is 1.28. The number of allylic oxidation sites excluding steroid dienone is 1. The Kier molecular flexibility index (Phi) is 6.72. The van der Waals surface area contributed by atoms with Gasteiger partial charge in [-0.15, -0.1) is 0 Å². The highest BCUT2D eigenvalue weighted by Gasteiger charge is 2.32. The molecule has 0 amide bonds. The molecule has 1 saturated heterocycles. The van der Waals surface area contributed by atoms with Gasteiger partial charge in [0.05, 0.1) is 5.92 Å². The standard InChI is InChI=1S/C27H27F2N3O3/c28-22-9-8-21(14-23(22)29)27(11-2-1-3-12-27)13-10-24-31-25(32-35-24)19-6-4-18(5-7-19)17-34-26(33)20-15-30-16-20/h4-10,13-14,20,30H,1-3,11-12,15-17H2/b13-10+. The lowest BCUT2D eigenvalue weighted by Gasteiger charge is -2.35. The third-order valence-corrected chi connectivity index (χ3v) is 6.94. The summed E-state index contributed by atoms with van der Waals surface area (Å²) in [5, 5.41) is 7.13. The average Bonchev–Trinajstić information content (AvgIpc) is 3.32. The zero-order chi connectivity index (χ0) is 24.3. The van der Waals surface area contributed by atoms with Crippen molar-refractivity contribution in [3.63, 3.8) is 0 Å². The zero-order valence-electron chi connectivity index (χ0n) is 19.3. The van der Waals surface area contributed by atoms with Crippen LogP contribution < -0.4 is 5.32 Å². The van der Waals surface area contributed by atoms with Crippen molar-refractivity contribution in [3.05, 3.63) is 77.2 Å². The van der Waals surface area contributed by atoms with Crippen LogP contribution in [0.25, 0.3) is 17.5 Å². The van der Waals surface area contributed by atoms with Crippen LogP contribution in [0.5, 0.6) is 0 Å². The first-order valence-electron chi connectivity index (χ1n) is 12.0.